The average molecular weight is 821 g/mol. The molecule has 0 spiro atoms. The number of fused-ring (bicyclic) bond motifs is 6. The number of hydrogen-bond donors (Lipinski definition) is 0. The van der Waals surface area contributed by atoms with Gasteiger partial charge in [-0.1, -0.05) is 182 Å². The SMILES string of the molecule is c1ccc(-c2ccc(N(c3ccc(-c4cccc5c4sc4ccccc45)cc3-c3ccccc3)c3cccc4c3c3ccccc3n4-c3ccccc3)cc2-c2ccccc2)cc1. The van der Waals surface area contributed by atoms with Gasteiger partial charge in [0.05, 0.1) is 22.4 Å². The van der Waals surface area contributed by atoms with Crippen LogP contribution in [0, 0.1) is 0 Å². The summed E-state index contributed by atoms with van der Waals surface area (Å²) in [5, 5.41) is 5.01. The Morgan fingerprint density at radius 1 is 0.333 bits per heavy atom. The van der Waals surface area contributed by atoms with Gasteiger partial charge in [0.15, 0.2) is 0 Å². The van der Waals surface area contributed by atoms with Crippen LogP contribution in [0.4, 0.5) is 17.1 Å². The first-order valence-corrected chi connectivity index (χ1v) is 22.3. The molecule has 296 valence electrons. The molecule has 0 aliphatic heterocycles. The lowest BCUT2D eigenvalue weighted by Gasteiger charge is -2.30. The lowest BCUT2D eigenvalue weighted by molar-refractivity contribution is 1.18. The van der Waals surface area contributed by atoms with Crippen molar-refractivity contribution in [2.75, 3.05) is 4.90 Å². The van der Waals surface area contributed by atoms with Gasteiger partial charge < -0.3 is 9.47 Å². The molecule has 0 atom stereocenters. The predicted octanol–water partition coefficient (Wildman–Crippen LogP) is 17.3. The van der Waals surface area contributed by atoms with Crippen LogP contribution in [0.25, 0.3) is 92.2 Å². The van der Waals surface area contributed by atoms with Crippen LogP contribution >= 0.6 is 11.3 Å². The van der Waals surface area contributed by atoms with E-state index in [1.54, 1.807) is 0 Å². The van der Waals surface area contributed by atoms with Crippen LogP contribution in [0.3, 0.4) is 0 Å². The first kappa shape index (κ1) is 36.8. The first-order valence-electron chi connectivity index (χ1n) is 21.5. The first-order chi connectivity index (χ1) is 31.3. The lowest BCUT2D eigenvalue weighted by atomic mass is 9.92. The Kier molecular flexibility index (Phi) is 9.06. The van der Waals surface area contributed by atoms with Crippen molar-refractivity contribution in [1.29, 1.82) is 0 Å². The van der Waals surface area contributed by atoms with E-state index in [1.165, 1.54) is 69.8 Å². The van der Waals surface area contributed by atoms with Gasteiger partial charge in [0, 0.05) is 47.9 Å². The van der Waals surface area contributed by atoms with Gasteiger partial charge in [-0.25, -0.2) is 0 Å². The molecule has 0 saturated heterocycles. The lowest BCUT2D eigenvalue weighted by Crippen LogP contribution is -2.12. The molecule has 10 aromatic carbocycles. The number of aromatic nitrogens is 1. The van der Waals surface area contributed by atoms with Gasteiger partial charge in [0.2, 0.25) is 0 Å². The van der Waals surface area contributed by atoms with Gasteiger partial charge in [-0.2, -0.15) is 0 Å². The molecule has 0 N–H and O–H groups in total. The molecule has 12 aromatic rings. The van der Waals surface area contributed by atoms with E-state index in [0.717, 1.165) is 39.4 Å². The molecule has 0 unspecified atom stereocenters. The largest absolute Gasteiger partial charge is 0.309 e. The van der Waals surface area contributed by atoms with Gasteiger partial charge in [-0.3, -0.25) is 0 Å². The average Bonchev–Trinajstić information content (AvgIpc) is 3.92. The minimum atomic E-state index is 1.08. The van der Waals surface area contributed by atoms with Crippen molar-refractivity contribution >= 4 is 70.4 Å². The molecule has 0 aliphatic rings. The Hall–Kier alpha value is -7.98. The van der Waals surface area contributed by atoms with E-state index in [1.807, 2.05) is 11.3 Å². The summed E-state index contributed by atoms with van der Waals surface area (Å²) in [6.07, 6.45) is 0. The number of thiophene rings is 1. The zero-order valence-corrected chi connectivity index (χ0v) is 35.2. The highest BCUT2D eigenvalue weighted by molar-refractivity contribution is 7.26. The third-order valence-corrected chi connectivity index (χ3v) is 13.6. The Bertz CT molecular complexity index is 3610. The maximum Gasteiger partial charge on any atom is 0.0562 e. The molecule has 0 bridgehead atoms. The molecule has 3 heteroatoms. The molecule has 0 radical (unpaired) electrons. The van der Waals surface area contributed by atoms with E-state index >= 15 is 0 Å². The molecule has 63 heavy (non-hydrogen) atoms. The van der Waals surface area contributed by atoms with Crippen molar-refractivity contribution in [1.82, 2.24) is 4.57 Å². The zero-order valence-electron chi connectivity index (χ0n) is 34.4. The smallest absolute Gasteiger partial charge is 0.0562 e. The van der Waals surface area contributed by atoms with Gasteiger partial charge in [0.25, 0.3) is 0 Å². The van der Waals surface area contributed by atoms with Gasteiger partial charge in [-0.15, -0.1) is 11.3 Å². The molecule has 2 heterocycles. The highest BCUT2D eigenvalue weighted by Crippen LogP contribution is 2.50. The summed E-state index contributed by atoms with van der Waals surface area (Å²) >= 11 is 1.88. The van der Waals surface area contributed by atoms with E-state index in [9.17, 15) is 0 Å². The number of anilines is 3. The Balaban J connectivity index is 1.17. The number of hydrogen-bond acceptors (Lipinski definition) is 2. The predicted molar refractivity (Wildman–Crippen MR) is 270 cm³/mol. The number of rotatable bonds is 8. The van der Waals surface area contributed by atoms with E-state index in [2.05, 4.69) is 252 Å². The minimum Gasteiger partial charge on any atom is -0.309 e. The second-order valence-electron chi connectivity index (χ2n) is 16.0. The molecule has 0 fully saturated rings. The molecular formula is C60H40N2S. The molecule has 12 rings (SSSR count). The highest BCUT2D eigenvalue weighted by atomic mass is 32.1. The molecule has 0 amide bonds. The Labute approximate surface area is 370 Å². The summed E-state index contributed by atoms with van der Waals surface area (Å²) in [6, 6.07) is 88.5. The fourth-order valence-electron chi connectivity index (χ4n) is 9.57. The second kappa shape index (κ2) is 15.5. The summed E-state index contributed by atoms with van der Waals surface area (Å²) in [7, 11) is 0. The maximum atomic E-state index is 2.51. The van der Waals surface area contributed by atoms with E-state index in [-0.39, 0.29) is 0 Å². The zero-order chi connectivity index (χ0) is 41.7. The van der Waals surface area contributed by atoms with E-state index < -0.39 is 0 Å². The molecular weight excluding hydrogens is 781 g/mol. The van der Waals surface area contributed by atoms with Crippen molar-refractivity contribution in [3.8, 4) is 50.2 Å². The highest BCUT2D eigenvalue weighted by Gasteiger charge is 2.25. The van der Waals surface area contributed by atoms with Crippen LogP contribution in [-0.4, -0.2) is 4.57 Å². The quantitative estimate of drug-likeness (QED) is 0.148. The third-order valence-electron chi connectivity index (χ3n) is 12.4. The second-order valence-corrected chi connectivity index (χ2v) is 17.1. The summed E-state index contributed by atoms with van der Waals surface area (Å²) in [4.78, 5) is 2.51. The number of nitrogens with zero attached hydrogens (tertiary/aromatic N) is 2. The van der Waals surface area contributed by atoms with Gasteiger partial charge in [0.1, 0.15) is 0 Å². The molecule has 2 aromatic heterocycles. The van der Waals surface area contributed by atoms with Crippen molar-refractivity contribution in [3.05, 3.63) is 243 Å². The van der Waals surface area contributed by atoms with Crippen LogP contribution in [0.1, 0.15) is 0 Å². The Morgan fingerprint density at radius 2 is 0.921 bits per heavy atom. The summed E-state index contributed by atoms with van der Waals surface area (Å²) < 4.78 is 5.03. The van der Waals surface area contributed by atoms with Crippen LogP contribution < -0.4 is 4.90 Å². The van der Waals surface area contributed by atoms with Crippen LogP contribution in [-0.2, 0) is 0 Å². The fourth-order valence-corrected chi connectivity index (χ4v) is 10.8. The van der Waals surface area contributed by atoms with Gasteiger partial charge in [-0.05, 0) is 99.6 Å². The normalized spacial score (nSPS) is 11.5. The topological polar surface area (TPSA) is 8.17 Å². The van der Waals surface area contributed by atoms with Crippen LogP contribution in [0.2, 0.25) is 0 Å². The van der Waals surface area contributed by atoms with Crippen molar-refractivity contribution in [2.45, 2.75) is 0 Å². The molecule has 0 aliphatic carbocycles. The fraction of sp³-hybridized carbons (Fsp3) is 0. The third kappa shape index (κ3) is 6.33. The van der Waals surface area contributed by atoms with Crippen LogP contribution in [0.5, 0.6) is 0 Å². The molecule has 2 nitrogen and oxygen atoms in total. The van der Waals surface area contributed by atoms with Gasteiger partial charge >= 0.3 is 0 Å². The number of para-hydroxylation sites is 2. The van der Waals surface area contributed by atoms with Crippen molar-refractivity contribution in [3.63, 3.8) is 0 Å². The summed E-state index contributed by atoms with van der Waals surface area (Å²) in [5.74, 6) is 0. The Morgan fingerprint density at radius 3 is 1.67 bits per heavy atom. The number of benzene rings is 10. The van der Waals surface area contributed by atoms with Crippen molar-refractivity contribution < 1.29 is 0 Å². The summed E-state index contributed by atoms with van der Waals surface area (Å²) in [5.41, 5.74) is 16.2. The standard InChI is InChI=1S/C60H40N2S/c1-5-19-41(20-6-1)47-37-36-46(40-52(47)42-21-7-2-8-22-42)62(57-33-18-32-56-59(57)51-28-13-15-31-54(51)61(56)45-25-11-4-12-26-45)55-38-35-44(39-53(55)43-23-9-3-10-24-43)48-29-17-30-50-49-27-14-16-34-58(49)63-60(48)50/h1-40H. The van der Waals surface area contributed by atoms with E-state index in [4.69, 9.17) is 0 Å². The molecule has 0 saturated carbocycles. The van der Waals surface area contributed by atoms with E-state index in [0.29, 0.717) is 0 Å². The monoisotopic (exact) mass is 820 g/mol. The minimum absolute atomic E-state index is 1.08. The summed E-state index contributed by atoms with van der Waals surface area (Å²) in [6.45, 7) is 0. The maximum absolute atomic E-state index is 2.51. The van der Waals surface area contributed by atoms with Crippen molar-refractivity contribution in [2.24, 2.45) is 0 Å². The van der Waals surface area contributed by atoms with Crippen LogP contribution in [0.15, 0.2) is 243 Å².